The number of hydrogen-bond acceptors (Lipinski definition) is 2. The summed E-state index contributed by atoms with van der Waals surface area (Å²) in [6.45, 7) is 0. The second kappa shape index (κ2) is 4.49. The molecule has 1 heterocycles. The zero-order chi connectivity index (χ0) is 12.4. The molecule has 0 aliphatic rings. The van der Waals surface area contributed by atoms with E-state index >= 15 is 0 Å². The zero-order valence-corrected chi connectivity index (χ0v) is 10.1. The van der Waals surface area contributed by atoms with Gasteiger partial charge in [-0.3, -0.25) is 4.98 Å². The van der Waals surface area contributed by atoms with Gasteiger partial charge >= 0.3 is 0 Å². The molecule has 0 N–H and O–H groups in total. The molecule has 18 heavy (non-hydrogen) atoms. The van der Waals surface area contributed by atoms with Crippen LogP contribution in [0, 0.1) is 0 Å². The van der Waals surface area contributed by atoms with Crippen molar-refractivity contribution in [1.29, 1.82) is 0 Å². The summed E-state index contributed by atoms with van der Waals surface area (Å²) in [6, 6.07) is 18.3. The highest BCUT2D eigenvalue weighted by Crippen LogP contribution is 2.31. The molecule has 0 unspecified atom stereocenters. The van der Waals surface area contributed by atoms with Crippen molar-refractivity contribution in [2.75, 3.05) is 7.11 Å². The van der Waals surface area contributed by atoms with Crippen LogP contribution in [0.5, 0.6) is 5.75 Å². The number of nitrogens with zero attached hydrogens (tertiary/aromatic N) is 1. The van der Waals surface area contributed by atoms with E-state index < -0.39 is 0 Å². The average Bonchev–Trinajstić information content (AvgIpc) is 2.46. The highest BCUT2D eigenvalue weighted by atomic mass is 16.5. The van der Waals surface area contributed by atoms with Gasteiger partial charge in [-0.2, -0.15) is 0 Å². The van der Waals surface area contributed by atoms with Crippen LogP contribution in [0.15, 0.2) is 60.8 Å². The maximum absolute atomic E-state index is 5.40. The monoisotopic (exact) mass is 235 g/mol. The van der Waals surface area contributed by atoms with Crippen LogP contribution in [0.3, 0.4) is 0 Å². The second-order valence-electron chi connectivity index (χ2n) is 4.11. The Balaban J connectivity index is 2.19. The van der Waals surface area contributed by atoms with Gasteiger partial charge in [0.05, 0.1) is 12.6 Å². The fourth-order valence-corrected chi connectivity index (χ4v) is 2.13. The Morgan fingerprint density at radius 3 is 2.72 bits per heavy atom. The van der Waals surface area contributed by atoms with Crippen LogP contribution in [0.25, 0.3) is 22.0 Å². The van der Waals surface area contributed by atoms with E-state index in [0.717, 1.165) is 27.8 Å². The minimum Gasteiger partial charge on any atom is -0.496 e. The van der Waals surface area contributed by atoms with Crippen molar-refractivity contribution < 1.29 is 4.74 Å². The van der Waals surface area contributed by atoms with E-state index in [1.54, 1.807) is 7.11 Å². The first-order valence-electron chi connectivity index (χ1n) is 5.86. The molecule has 0 bridgehead atoms. The first-order valence-corrected chi connectivity index (χ1v) is 5.86. The molecule has 0 aliphatic heterocycles. The number of rotatable bonds is 2. The number of pyridine rings is 1. The summed E-state index contributed by atoms with van der Waals surface area (Å²) >= 11 is 0. The molecule has 0 fully saturated rings. The minimum atomic E-state index is 0.890. The van der Waals surface area contributed by atoms with Crippen LogP contribution in [0.2, 0.25) is 0 Å². The largest absolute Gasteiger partial charge is 0.496 e. The third-order valence-corrected chi connectivity index (χ3v) is 3.02. The summed E-state index contributed by atoms with van der Waals surface area (Å²) in [6.07, 6.45) is 1.81. The third-order valence-electron chi connectivity index (χ3n) is 3.02. The molecule has 0 saturated heterocycles. The molecular weight excluding hydrogens is 222 g/mol. The number of methoxy groups -OCH3 is 1. The van der Waals surface area contributed by atoms with Crippen molar-refractivity contribution in [2.24, 2.45) is 0 Å². The van der Waals surface area contributed by atoms with Gasteiger partial charge < -0.3 is 4.74 Å². The molecule has 2 nitrogen and oxygen atoms in total. The van der Waals surface area contributed by atoms with Gasteiger partial charge in [-0.15, -0.1) is 0 Å². The van der Waals surface area contributed by atoms with Gasteiger partial charge in [0.2, 0.25) is 0 Å². The maximum atomic E-state index is 5.40. The highest BCUT2D eigenvalue weighted by Gasteiger charge is 2.05. The molecule has 3 rings (SSSR count). The zero-order valence-electron chi connectivity index (χ0n) is 10.1. The van der Waals surface area contributed by atoms with E-state index in [-0.39, 0.29) is 0 Å². The maximum Gasteiger partial charge on any atom is 0.126 e. The number of aromatic nitrogens is 1. The first-order chi connectivity index (χ1) is 8.88. The van der Waals surface area contributed by atoms with Crippen molar-refractivity contribution in [1.82, 2.24) is 4.98 Å². The summed E-state index contributed by atoms with van der Waals surface area (Å²) in [5.41, 5.74) is 3.26. The molecule has 88 valence electrons. The summed E-state index contributed by atoms with van der Waals surface area (Å²) in [7, 11) is 1.70. The van der Waals surface area contributed by atoms with Crippen molar-refractivity contribution in [2.45, 2.75) is 0 Å². The Morgan fingerprint density at radius 2 is 1.83 bits per heavy atom. The minimum absolute atomic E-state index is 0.890. The summed E-state index contributed by atoms with van der Waals surface area (Å²) in [5, 5.41) is 1.14. The van der Waals surface area contributed by atoms with Gasteiger partial charge in [-0.25, -0.2) is 0 Å². The Morgan fingerprint density at radius 1 is 0.944 bits per heavy atom. The lowest BCUT2D eigenvalue weighted by molar-refractivity contribution is 0.416. The van der Waals surface area contributed by atoms with Crippen LogP contribution in [-0.4, -0.2) is 12.1 Å². The predicted molar refractivity (Wildman–Crippen MR) is 73.7 cm³/mol. The summed E-state index contributed by atoms with van der Waals surface area (Å²) < 4.78 is 5.40. The lowest BCUT2D eigenvalue weighted by Crippen LogP contribution is -1.87. The van der Waals surface area contributed by atoms with E-state index in [0.29, 0.717) is 0 Å². The molecule has 0 aliphatic carbocycles. The van der Waals surface area contributed by atoms with E-state index in [1.165, 1.54) is 0 Å². The topological polar surface area (TPSA) is 22.1 Å². The third kappa shape index (κ3) is 1.82. The number of para-hydroxylation sites is 1. The van der Waals surface area contributed by atoms with E-state index in [2.05, 4.69) is 29.2 Å². The smallest absolute Gasteiger partial charge is 0.126 e. The number of benzene rings is 2. The number of fused-ring (bicyclic) bond motifs is 1. The van der Waals surface area contributed by atoms with Crippen molar-refractivity contribution in [3.8, 4) is 16.9 Å². The lowest BCUT2D eigenvalue weighted by atomic mass is 10.0. The molecule has 3 aromatic rings. The number of ether oxygens (including phenoxy) is 1. The Kier molecular flexibility index (Phi) is 2.69. The molecule has 0 atom stereocenters. The SMILES string of the molecule is COc1ccccc1-c1ccc2ncccc2c1. The average molecular weight is 235 g/mol. The van der Waals surface area contributed by atoms with E-state index in [9.17, 15) is 0 Å². The lowest BCUT2D eigenvalue weighted by Gasteiger charge is -2.08. The molecule has 0 radical (unpaired) electrons. The van der Waals surface area contributed by atoms with Crippen LogP contribution >= 0.6 is 0 Å². The van der Waals surface area contributed by atoms with Gasteiger partial charge in [0.1, 0.15) is 5.75 Å². The van der Waals surface area contributed by atoms with Crippen LogP contribution in [0.4, 0.5) is 0 Å². The normalized spacial score (nSPS) is 10.5. The predicted octanol–water partition coefficient (Wildman–Crippen LogP) is 3.91. The second-order valence-corrected chi connectivity index (χ2v) is 4.11. The van der Waals surface area contributed by atoms with Crippen LogP contribution < -0.4 is 4.74 Å². The van der Waals surface area contributed by atoms with Crippen LogP contribution in [-0.2, 0) is 0 Å². The van der Waals surface area contributed by atoms with Gasteiger partial charge in [-0.1, -0.05) is 30.3 Å². The van der Waals surface area contributed by atoms with Gasteiger partial charge in [-0.05, 0) is 29.8 Å². The van der Waals surface area contributed by atoms with Gasteiger partial charge in [0.15, 0.2) is 0 Å². The van der Waals surface area contributed by atoms with E-state index in [4.69, 9.17) is 4.74 Å². The molecule has 2 heteroatoms. The van der Waals surface area contributed by atoms with Gasteiger partial charge in [0.25, 0.3) is 0 Å². The van der Waals surface area contributed by atoms with Crippen molar-refractivity contribution in [3.05, 3.63) is 60.8 Å². The molecule has 1 aromatic heterocycles. The Labute approximate surface area is 106 Å². The standard InChI is InChI=1S/C16H13NO/c1-18-16-7-3-2-6-14(16)12-8-9-15-13(11-12)5-4-10-17-15/h2-11H,1H3. The van der Waals surface area contributed by atoms with Crippen LogP contribution in [0.1, 0.15) is 0 Å². The molecular formula is C16H13NO. The first kappa shape index (κ1) is 10.8. The van der Waals surface area contributed by atoms with E-state index in [1.807, 2.05) is 36.5 Å². The quantitative estimate of drug-likeness (QED) is 0.671. The highest BCUT2D eigenvalue weighted by molar-refractivity contribution is 5.85. The molecule has 2 aromatic carbocycles. The fourth-order valence-electron chi connectivity index (χ4n) is 2.13. The fraction of sp³-hybridized carbons (Fsp3) is 0.0625. The Hall–Kier alpha value is -2.35. The number of hydrogen-bond donors (Lipinski definition) is 0. The summed E-state index contributed by atoms with van der Waals surface area (Å²) in [5.74, 6) is 0.890. The van der Waals surface area contributed by atoms with Crippen molar-refractivity contribution >= 4 is 10.9 Å². The van der Waals surface area contributed by atoms with Gasteiger partial charge in [0, 0.05) is 17.1 Å². The van der Waals surface area contributed by atoms with Crippen molar-refractivity contribution in [3.63, 3.8) is 0 Å². The molecule has 0 amide bonds. The molecule has 0 spiro atoms. The Bertz CT molecular complexity index is 691. The summed E-state index contributed by atoms with van der Waals surface area (Å²) in [4.78, 5) is 4.33. The molecule has 0 saturated carbocycles.